The summed E-state index contributed by atoms with van der Waals surface area (Å²) >= 11 is 0. The zero-order valence-electron chi connectivity index (χ0n) is 14.9. The van der Waals surface area contributed by atoms with E-state index < -0.39 is 17.6 Å². The van der Waals surface area contributed by atoms with Gasteiger partial charge in [-0.05, 0) is 24.3 Å². The van der Waals surface area contributed by atoms with Crippen molar-refractivity contribution in [1.29, 1.82) is 0 Å². The Labute approximate surface area is 163 Å². The van der Waals surface area contributed by atoms with E-state index in [2.05, 4.69) is 16.0 Å². The minimum Gasteiger partial charge on any atom is -0.504 e. The highest BCUT2D eigenvalue weighted by molar-refractivity contribution is 5.96. The Hall–Kier alpha value is -4.34. The molecule has 0 radical (unpaired) electrons. The molecule has 2 aromatic heterocycles. The van der Waals surface area contributed by atoms with E-state index in [0.717, 1.165) is 4.57 Å². The average molecular weight is 393 g/mol. The normalized spacial score (nSPS) is 10.8. The molecule has 0 aliphatic rings. The summed E-state index contributed by atoms with van der Waals surface area (Å²) in [7, 11) is 0. The first-order valence-electron chi connectivity index (χ1n) is 8.54. The van der Waals surface area contributed by atoms with E-state index in [4.69, 9.17) is 4.42 Å². The van der Waals surface area contributed by atoms with E-state index in [1.54, 1.807) is 48.5 Å². The number of benzene rings is 2. The molecule has 0 saturated carbocycles. The Bertz CT molecular complexity index is 1250. The molecule has 2 amide bonds. The highest BCUT2D eigenvalue weighted by Gasteiger charge is 2.18. The van der Waals surface area contributed by atoms with Gasteiger partial charge in [-0.1, -0.05) is 30.3 Å². The molecule has 2 aromatic carbocycles. The van der Waals surface area contributed by atoms with Crippen LogP contribution >= 0.6 is 0 Å². The first kappa shape index (κ1) is 18.0. The Morgan fingerprint density at radius 2 is 1.76 bits per heavy atom. The van der Waals surface area contributed by atoms with E-state index >= 15 is 0 Å². The van der Waals surface area contributed by atoms with Crippen LogP contribution in [0.25, 0.3) is 16.8 Å². The molecular weight excluding hydrogens is 378 g/mol. The predicted molar refractivity (Wildman–Crippen MR) is 101 cm³/mol. The number of nitrogens with zero attached hydrogens (tertiary/aromatic N) is 3. The van der Waals surface area contributed by atoms with Crippen molar-refractivity contribution >= 4 is 22.9 Å². The molecule has 4 aromatic rings. The monoisotopic (exact) mass is 393 g/mol. The number of para-hydroxylation sites is 3. The average Bonchev–Trinajstić information content (AvgIpc) is 3.27. The molecule has 0 fully saturated rings. The van der Waals surface area contributed by atoms with Crippen molar-refractivity contribution in [3.05, 3.63) is 77.0 Å². The van der Waals surface area contributed by atoms with Crippen molar-refractivity contribution in [1.82, 2.24) is 25.2 Å². The summed E-state index contributed by atoms with van der Waals surface area (Å²) in [6, 6.07) is 15.6. The number of oxazole rings is 1. The molecule has 2 heterocycles. The molecule has 146 valence electrons. The highest BCUT2D eigenvalue weighted by Crippen LogP contribution is 2.17. The fourth-order valence-electron chi connectivity index (χ4n) is 2.77. The number of hydrogen-bond acceptors (Lipinski definition) is 6. The van der Waals surface area contributed by atoms with E-state index in [0.29, 0.717) is 16.8 Å². The molecule has 10 nitrogen and oxygen atoms in total. The van der Waals surface area contributed by atoms with Gasteiger partial charge in [-0.25, -0.2) is 9.48 Å². The third kappa shape index (κ3) is 3.58. The Morgan fingerprint density at radius 3 is 2.55 bits per heavy atom. The third-order valence-electron chi connectivity index (χ3n) is 4.12. The van der Waals surface area contributed by atoms with Crippen molar-refractivity contribution in [2.24, 2.45) is 0 Å². The number of aromatic hydroxyl groups is 1. The summed E-state index contributed by atoms with van der Waals surface area (Å²) in [5.41, 5.74) is 5.55. The quantitative estimate of drug-likeness (QED) is 0.442. The highest BCUT2D eigenvalue weighted by atomic mass is 16.4. The van der Waals surface area contributed by atoms with Crippen molar-refractivity contribution in [2.75, 3.05) is 0 Å². The van der Waals surface area contributed by atoms with E-state index in [1.165, 1.54) is 10.9 Å². The van der Waals surface area contributed by atoms with Gasteiger partial charge in [-0.3, -0.25) is 25.0 Å². The maximum Gasteiger partial charge on any atom is 0.420 e. The van der Waals surface area contributed by atoms with Gasteiger partial charge in [0.15, 0.2) is 17.0 Å². The molecule has 0 atom stereocenters. The van der Waals surface area contributed by atoms with E-state index in [9.17, 15) is 19.5 Å². The molecule has 4 rings (SSSR count). The predicted octanol–water partition coefficient (Wildman–Crippen LogP) is 0.947. The molecule has 0 aliphatic carbocycles. The fraction of sp³-hybridized carbons (Fsp3) is 0.0526. The van der Waals surface area contributed by atoms with Gasteiger partial charge in [0.1, 0.15) is 6.54 Å². The molecular formula is C19H15N5O5. The summed E-state index contributed by atoms with van der Waals surface area (Å²) in [4.78, 5) is 36.3. The van der Waals surface area contributed by atoms with Crippen LogP contribution in [0.15, 0.2) is 70.0 Å². The lowest BCUT2D eigenvalue weighted by Gasteiger charge is -2.06. The summed E-state index contributed by atoms with van der Waals surface area (Å²) in [6.45, 7) is -0.361. The Morgan fingerprint density at radius 1 is 1.03 bits per heavy atom. The Balaban J connectivity index is 1.43. The zero-order chi connectivity index (χ0) is 20.4. The third-order valence-corrected chi connectivity index (χ3v) is 4.12. The van der Waals surface area contributed by atoms with Gasteiger partial charge in [0, 0.05) is 0 Å². The number of carbonyl (C=O) groups excluding carboxylic acids is 2. The van der Waals surface area contributed by atoms with Crippen LogP contribution in [-0.2, 0) is 11.3 Å². The lowest BCUT2D eigenvalue weighted by molar-refractivity contribution is -0.122. The number of carbonyl (C=O) groups is 2. The van der Waals surface area contributed by atoms with Gasteiger partial charge in [-0.2, -0.15) is 5.10 Å². The largest absolute Gasteiger partial charge is 0.504 e. The second kappa shape index (κ2) is 7.35. The van der Waals surface area contributed by atoms with Crippen LogP contribution in [0.1, 0.15) is 10.5 Å². The molecule has 0 unspecified atom stereocenters. The number of hydrazine groups is 1. The first-order valence-corrected chi connectivity index (χ1v) is 8.54. The summed E-state index contributed by atoms with van der Waals surface area (Å²) in [5.74, 6) is -2.51. The van der Waals surface area contributed by atoms with Gasteiger partial charge >= 0.3 is 5.76 Å². The topological polar surface area (TPSA) is 131 Å². The fourth-order valence-corrected chi connectivity index (χ4v) is 2.77. The summed E-state index contributed by atoms with van der Waals surface area (Å²) < 4.78 is 7.52. The van der Waals surface area contributed by atoms with E-state index in [1.807, 2.05) is 6.07 Å². The van der Waals surface area contributed by atoms with Crippen LogP contribution in [0.5, 0.6) is 5.75 Å². The van der Waals surface area contributed by atoms with Crippen LogP contribution < -0.4 is 16.6 Å². The lowest BCUT2D eigenvalue weighted by atomic mass is 10.3. The number of nitrogens with one attached hydrogen (secondary N) is 2. The van der Waals surface area contributed by atoms with Gasteiger partial charge in [-0.15, -0.1) is 0 Å². The molecule has 29 heavy (non-hydrogen) atoms. The summed E-state index contributed by atoms with van der Waals surface area (Å²) in [6.07, 6.45) is 1.28. The van der Waals surface area contributed by atoms with Gasteiger partial charge in [0.25, 0.3) is 11.8 Å². The number of aromatic nitrogens is 3. The standard InChI is InChI=1S/C19H15N5O5/c25-14-10-24(12-6-2-1-3-7-12)22-17(14)18(27)21-20-16(26)11-23-13-8-4-5-9-15(13)29-19(23)28/h1-10,25H,11H2,(H,20,26)(H,21,27). The maximum atomic E-state index is 12.2. The number of rotatable bonds is 4. The lowest BCUT2D eigenvalue weighted by Crippen LogP contribution is -2.44. The SMILES string of the molecule is O=C(Cn1c(=O)oc2ccccc21)NNC(=O)c1nn(-c2ccccc2)cc1O. The molecule has 10 heteroatoms. The summed E-state index contributed by atoms with van der Waals surface area (Å²) in [5, 5.41) is 14.0. The van der Waals surface area contributed by atoms with Crippen LogP contribution in [0.4, 0.5) is 0 Å². The van der Waals surface area contributed by atoms with Gasteiger partial charge in [0.2, 0.25) is 0 Å². The Kier molecular flexibility index (Phi) is 4.57. The van der Waals surface area contributed by atoms with Crippen molar-refractivity contribution in [2.45, 2.75) is 6.54 Å². The number of amides is 2. The molecule has 3 N–H and O–H groups in total. The van der Waals surface area contributed by atoms with Crippen molar-refractivity contribution in [3.63, 3.8) is 0 Å². The smallest absolute Gasteiger partial charge is 0.420 e. The minimum atomic E-state index is -0.810. The van der Waals surface area contributed by atoms with Crippen LogP contribution in [0.2, 0.25) is 0 Å². The number of fused-ring (bicyclic) bond motifs is 1. The zero-order valence-corrected chi connectivity index (χ0v) is 14.9. The molecule has 0 bridgehead atoms. The second-order valence-corrected chi connectivity index (χ2v) is 6.07. The first-order chi connectivity index (χ1) is 14.0. The second-order valence-electron chi connectivity index (χ2n) is 6.07. The van der Waals surface area contributed by atoms with Gasteiger partial charge in [0.05, 0.1) is 17.4 Å². The molecule has 0 saturated heterocycles. The molecule has 0 spiro atoms. The molecule has 0 aliphatic heterocycles. The number of hydrogen-bond donors (Lipinski definition) is 3. The van der Waals surface area contributed by atoms with Crippen LogP contribution in [0.3, 0.4) is 0 Å². The maximum absolute atomic E-state index is 12.2. The van der Waals surface area contributed by atoms with Crippen molar-refractivity contribution < 1.29 is 19.1 Å². The van der Waals surface area contributed by atoms with Gasteiger partial charge < -0.3 is 9.52 Å². The van der Waals surface area contributed by atoms with Crippen molar-refractivity contribution in [3.8, 4) is 11.4 Å². The van der Waals surface area contributed by atoms with E-state index in [-0.39, 0.29) is 18.0 Å². The van der Waals surface area contributed by atoms with Crippen LogP contribution in [0, 0.1) is 0 Å². The van der Waals surface area contributed by atoms with Crippen LogP contribution in [-0.4, -0.2) is 31.3 Å². The minimum absolute atomic E-state index is 0.264.